The standard InChI is InChI=1S/C19H20ClNO2S/c1-12(13-7-9-14(20)10-8-13)19(22)21-16-11-23-17-6-4-3-5-15(17)18(16)24-2/h3-10,12,16,18H,11H2,1-2H3,(H,21,22)/t12-,16-,18-/m0/s1. The van der Waals surface area contributed by atoms with E-state index in [2.05, 4.69) is 17.6 Å². The van der Waals surface area contributed by atoms with E-state index in [9.17, 15) is 4.79 Å². The van der Waals surface area contributed by atoms with Crippen molar-refractivity contribution in [3.8, 4) is 5.75 Å². The van der Waals surface area contributed by atoms with Gasteiger partial charge in [0, 0.05) is 10.6 Å². The van der Waals surface area contributed by atoms with Crippen LogP contribution in [0.4, 0.5) is 0 Å². The van der Waals surface area contributed by atoms with E-state index >= 15 is 0 Å². The van der Waals surface area contributed by atoms with Crippen molar-refractivity contribution in [3.63, 3.8) is 0 Å². The summed E-state index contributed by atoms with van der Waals surface area (Å²) in [6.45, 7) is 2.39. The van der Waals surface area contributed by atoms with Crippen molar-refractivity contribution in [2.75, 3.05) is 12.9 Å². The number of hydrogen-bond donors (Lipinski definition) is 1. The summed E-state index contributed by atoms with van der Waals surface area (Å²) in [5.41, 5.74) is 2.09. The topological polar surface area (TPSA) is 38.3 Å². The van der Waals surface area contributed by atoms with E-state index < -0.39 is 0 Å². The van der Waals surface area contributed by atoms with Crippen LogP contribution >= 0.6 is 23.4 Å². The molecule has 0 spiro atoms. The molecule has 1 N–H and O–H groups in total. The summed E-state index contributed by atoms with van der Waals surface area (Å²) < 4.78 is 5.82. The zero-order valence-electron chi connectivity index (χ0n) is 13.7. The molecule has 0 aliphatic carbocycles. The van der Waals surface area contributed by atoms with Gasteiger partial charge in [0.05, 0.1) is 17.2 Å². The minimum Gasteiger partial charge on any atom is -0.491 e. The van der Waals surface area contributed by atoms with E-state index in [0.717, 1.165) is 16.9 Å². The molecule has 3 rings (SSSR count). The molecule has 5 heteroatoms. The summed E-state index contributed by atoms with van der Waals surface area (Å²) in [6.07, 6.45) is 2.06. The highest BCUT2D eigenvalue weighted by Crippen LogP contribution is 2.39. The van der Waals surface area contributed by atoms with Gasteiger partial charge in [-0.15, -0.1) is 0 Å². The SMILES string of the molecule is CS[C@H]1c2ccccc2OC[C@@H]1NC(=O)[C@@H](C)c1ccc(Cl)cc1. The van der Waals surface area contributed by atoms with Gasteiger partial charge in [0.2, 0.25) is 5.91 Å². The molecule has 3 nitrogen and oxygen atoms in total. The molecule has 1 heterocycles. The first kappa shape index (κ1) is 17.2. The number of nitrogens with one attached hydrogen (secondary N) is 1. The van der Waals surface area contributed by atoms with E-state index in [1.807, 2.05) is 49.4 Å². The molecule has 0 saturated carbocycles. The van der Waals surface area contributed by atoms with E-state index in [1.165, 1.54) is 0 Å². The second-order valence-corrected chi connectivity index (χ2v) is 7.31. The third-order valence-electron chi connectivity index (χ3n) is 4.35. The normalized spacial score (nSPS) is 20.6. The Hall–Kier alpha value is -1.65. The van der Waals surface area contributed by atoms with Gasteiger partial charge >= 0.3 is 0 Å². The van der Waals surface area contributed by atoms with Gasteiger partial charge in [-0.05, 0) is 36.9 Å². The summed E-state index contributed by atoms with van der Waals surface area (Å²) in [7, 11) is 0. The molecule has 0 saturated heterocycles. The predicted molar refractivity (Wildman–Crippen MR) is 100.0 cm³/mol. The van der Waals surface area contributed by atoms with Crippen LogP contribution in [-0.2, 0) is 4.79 Å². The van der Waals surface area contributed by atoms with Crippen LogP contribution in [0.3, 0.4) is 0 Å². The van der Waals surface area contributed by atoms with Crippen LogP contribution in [-0.4, -0.2) is 24.8 Å². The fraction of sp³-hybridized carbons (Fsp3) is 0.316. The summed E-state index contributed by atoms with van der Waals surface area (Å²) in [6, 6.07) is 15.4. The maximum atomic E-state index is 12.7. The molecular formula is C19H20ClNO2S. The highest BCUT2D eigenvalue weighted by Gasteiger charge is 2.32. The number of hydrogen-bond acceptors (Lipinski definition) is 3. The molecule has 2 aromatic rings. The molecule has 1 aliphatic rings. The average Bonchev–Trinajstić information content (AvgIpc) is 2.61. The predicted octanol–water partition coefficient (Wildman–Crippen LogP) is 4.43. The van der Waals surface area contributed by atoms with Crippen LogP contribution in [0.1, 0.15) is 29.2 Å². The van der Waals surface area contributed by atoms with Crippen LogP contribution in [0.25, 0.3) is 0 Å². The van der Waals surface area contributed by atoms with Crippen molar-refractivity contribution in [2.24, 2.45) is 0 Å². The van der Waals surface area contributed by atoms with Crippen molar-refractivity contribution < 1.29 is 9.53 Å². The largest absolute Gasteiger partial charge is 0.491 e. The second-order valence-electron chi connectivity index (χ2n) is 5.89. The Morgan fingerprint density at radius 2 is 1.96 bits per heavy atom. The van der Waals surface area contributed by atoms with Gasteiger partial charge in [-0.3, -0.25) is 4.79 Å². The Bertz CT molecular complexity index is 720. The van der Waals surface area contributed by atoms with Crippen LogP contribution < -0.4 is 10.1 Å². The number of thioether (sulfide) groups is 1. The van der Waals surface area contributed by atoms with Crippen molar-refractivity contribution in [1.82, 2.24) is 5.32 Å². The van der Waals surface area contributed by atoms with Crippen LogP contribution in [0, 0.1) is 0 Å². The fourth-order valence-electron chi connectivity index (χ4n) is 2.95. The Morgan fingerprint density at radius 1 is 1.25 bits per heavy atom. The number of rotatable bonds is 4. The number of benzene rings is 2. The van der Waals surface area contributed by atoms with Gasteiger partial charge in [-0.2, -0.15) is 11.8 Å². The molecule has 2 aromatic carbocycles. The first-order valence-electron chi connectivity index (χ1n) is 7.90. The number of para-hydroxylation sites is 1. The maximum Gasteiger partial charge on any atom is 0.227 e. The van der Waals surface area contributed by atoms with E-state index in [-0.39, 0.29) is 23.1 Å². The number of ether oxygens (including phenoxy) is 1. The quantitative estimate of drug-likeness (QED) is 0.875. The van der Waals surface area contributed by atoms with Gasteiger partial charge in [-0.25, -0.2) is 0 Å². The molecule has 0 unspecified atom stereocenters. The minimum absolute atomic E-state index is 0.00403. The van der Waals surface area contributed by atoms with Crippen molar-refractivity contribution in [3.05, 3.63) is 64.7 Å². The summed E-state index contributed by atoms with van der Waals surface area (Å²) in [4.78, 5) is 12.7. The Morgan fingerprint density at radius 3 is 2.67 bits per heavy atom. The molecule has 0 fully saturated rings. The number of halogens is 1. The summed E-state index contributed by atoms with van der Waals surface area (Å²) in [5, 5.41) is 4.02. The highest BCUT2D eigenvalue weighted by atomic mass is 35.5. The average molecular weight is 362 g/mol. The first-order valence-corrected chi connectivity index (χ1v) is 9.57. The van der Waals surface area contributed by atoms with Gasteiger partial charge in [0.1, 0.15) is 12.4 Å². The molecule has 126 valence electrons. The number of carbonyl (C=O) groups is 1. The lowest BCUT2D eigenvalue weighted by molar-refractivity contribution is -0.123. The van der Waals surface area contributed by atoms with Crippen LogP contribution in [0.5, 0.6) is 5.75 Å². The third kappa shape index (κ3) is 3.55. The smallest absolute Gasteiger partial charge is 0.227 e. The molecular weight excluding hydrogens is 342 g/mol. The summed E-state index contributed by atoms with van der Waals surface area (Å²) >= 11 is 7.65. The van der Waals surface area contributed by atoms with E-state index in [1.54, 1.807) is 11.8 Å². The highest BCUT2D eigenvalue weighted by molar-refractivity contribution is 7.98. The zero-order chi connectivity index (χ0) is 17.1. The monoisotopic (exact) mass is 361 g/mol. The van der Waals surface area contributed by atoms with Gasteiger partial charge in [-0.1, -0.05) is 41.9 Å². The van der Waals surface area contributed by atoms with Crippen molar-refractivity contribution in [1.29, 1.82) is 0 Å². The third-order valence-corrected chi connectivity index (χ3v) is 5.70. The number of carbonyl (C=O) groups excluding carboxylic acids is 1. The van der Waals surface area contributed by atoms with Gasteiger partial charge in [0.15, 0.2) is 0 Å². The van der Waals surface area contributed by atoms with Gasteiger partial charge < -0.3 is 10.1 Å². The van der Waals surface area contributed by atoms with Gasteiger partial charge in [0.25, 0.3) is 0 Å². The minimum atomic E-state index is -0.234. The van der Waals surface area contributed by atoms with Crippen molar-refractivity contribution >= 4 is 29.3 Å². The number of fused-ring (bicyclic) bond motifs is 1. The molecule has 0 bridgehead atoms. The lowest BCUT2D eigenvalue weighted by Gasteiger charge is -2.33. The molecule has 3 atom stereocenters. The maximum absolute atomic E-state index is 12.7. The van der Waals surface area contributed by atoms with Crippen molar-refractivity contribution in [2.45, 2.75) is 24.1 Å². The second kappa shape index (κ2) is 7.49. The number of amides is 1. The molecule has 0 radical (unpaired) electrons. The molecule has 1 aliphatic heterocycles. The Kier molecular flexibility index (Phi) is 5.36. The lowest BCUT2D eigenvalue weighted by Crippen LogP contribution is -2.46. The fourth-order valence-corrected chi connectivity index (χ4v) is 4.00. The first-order chi connectivity index (χ1) is 11.6. The Balaban J connectivity index is 1.73. The Labute approximate surface area is 151 Å². The summed E-state index contributed by atoms with van der Waals surface area (Å²) in [5.74, 6) is 0.680. The van der Waals surface area contributed by atoms with E-state index in [4.69, 9.17) is 16.3 Å². The molecule has 1 amide bonds. The molecule has 0 aromatic heterocycles. The van der Waals surface area contributed by atoms with Crippen LogP contribution in [0.2, 0.25) is 5.02 Å². The van der Waals surface area contributed by atoms with Crippen LogP contribution in [0.15, 0.2) is 48.5 Å². The van der Waals surface area contributed by atoms with E-state index in [0.29, 0.717) is 11.6 Å². The molecule has 24 heavy (non-hydrogen) atoms. The zero-order valence-corrected chi connectivity index (χ0v) is 15.2. The lowest BCUT2D eigenvalue weighted by atomic mass is 9.98.